The van der Waals surface area contributed by atoms with E-state index in [4.69, 9.17) is 10.5 Å². The molecule has 0 fully saturated rings. The lowest BCUT2D eigenvalue weighted by Crippen LogP contribution is -2.16. The largest absolute Gasteiger partial charge is 0.496 e. The molecule has 1 unspecified atom stereocenters. The minimum absolute atomic E-state index is 0.340. The van der Waals surface area contributed by atoms with Gasteiger partial charge >= 0.3 is 0 Å². The van der Waals surface area contributed by atoms with Crippen LogP contribution in [0.5, 0.6) is 5.75 Å². The summed E-state index contributed by atoms with van der Waals surface area (Å²) in [5.41, 5.74) is 9.79. The van der Waals surface area contributed by atoms with Crippen LogP contribution < -0.4 is 10.5 Å². The molecule has 0 aromatic heterocycles. The van der Waals surface area contributed by atoms with E-state index in [2.05, 4.69) is 0 Å². The first-order valence-electron chi connectivity index (χ1n) is 6.20. The second kappa shape index (κ2) is 5.41. The van der Waals surface area contributed by atoms with Crippen LogP contribution >= 0.6 is 0 Å². The molecular formula is C16H18FNO. The molecule has 0 aliphatic carbocycles. The summed E-state index contributed by atoms with van der Waals surface area (Å²) in [6.07, 6.45) is 0. The number of nitrogens with two attached hydrogens (primary N) is 1. The quantitative estimate of drug-likeness (QED) is 0.915. The van der Waals surface area contributed by atoms with Crippen LogP contribution in [0, 0.1) is 19.7 Å². The zero-order chi connectivity index (χ0) is 14.0. The highest BCUT2D eigenvalue weighted by molar-refractivity contribution is 5.46. The maximum absolute atomic E-state index is 14.0. The fraction of sp³-hybridized carbons (Fsp3) is 0.250. The summed E-state index contributed by atoms with van der Waals surface area (Å²) in [5.74, 6) is 0.140. The van der Waals surface area contributed by atoms with Gasteiger partial charge < -0.3 is 10.5 Å². The molecule has 3 heteroatoms. The first kappa shape index (κ1) is 13.6. The number of hydrogen-bond acceptors (Lipinski definition) is 2. The zero-order valence-electron chi connectivity index (χ0n) is 11.4. The van der Waals surface area contributed by atoms with Crippen molar-refractivity contribution in [3.05, 3.63) is 64.5 Å². The fourth-order valence-electron chi connectivity index (χ4n) is 2.26. The Labute approximate surface area is 113 Å². The minimum atomic E-state index is -0.531. The van der Waals surface area contributed by atoms with Crippen molar-refractivity contribution in [3.8, 4) is 5.75 Å². The molecule has 0 aliphatic heterocycles. The van der Waals surface area contributed by atoms with Gasteiger partial charge in [-0.2, -0.15) is 0 Å². The summed E-state index contributed by atoms with van der Waals surface area (Å²) in [7, 11) is 1.52. The Hall–Kier alpha value is -1.87. The summed E-state index contributed by atoms with van der Waals surface area (Å²) in [6.45, 7) is 4.02. The molecule has 2 N–H and O–H groups in total. The number of halogens is 1. The molecule has 2 rings (SSSR count). The number of hydrogen-bond donors (Lipinski definition) is 1. The summed E-state index contributed by atoms with van der Waals surface area (Å²) < 4.78 is 19.3. The highest BCUT2D eigenvalue weighted by atomic mass is 19.1. The Morgan fingerprint density at radius 3 is 2.47 bits per heavy atom. The van der Waals surface area contributed by atoms with Crippen molar-refractivity contribution < 1.29 is 9.13 Å². The van der Waals surface area contributed by atoms with E-state index in [1.807, 2.05) is 32.0 Å². The lowest BCUT2D eigenvalue weighted by atomic mass is 9.92. The van der Waals surface area contributed by atoms with Crippen LogP contribution in [0.25, 0.3) is 0 Å². The smallest absolute Gasteiger partial charge is 0.132 e. The Morgan fingerprint density at radius 2 is 1.79 bits per heavy atom. The van der Waals surface area contributed by atoms with Gasteiger partial charge in [-0.1, -0.05) is 24.3 Å². The van der Waals surface area contributed by atoms with Crippen molar-refractivity contribution in [1.29, 1.82) is 0 Å². The fourth-order valence-corrected chi connectivity index (χ4v) is 2.26. The maximum atomic E-state index is 14.0. The van der Waals surface area contributed by atoms with Gasteiger partial charge in [-0.05, 0) is 42.7 Å². The van der Waals surface area contributed by atoms with Crippen LogP contribution in [0.15, 0.2) is 36.4 Å². The summed E-state index contributed by atoms with van der Waals surface area (Å²) in [4.78, 5) is 0. The Kier molecular flexibility index (Phi) is 3.86. The highest BCUT2D eigenvalue weighted by Crippen LogP contribution is 2.32. The average Bonchev–Trinajstić information content (AvgIpc) is 2.40. The Balaban J connectivity index is 2.56. The van der Waals surface area contributed by atoms with Crippen LogP contribution in [0.2, 0.25) is 0 Å². The first-order valence-corrected chi connectivity index (χ1v) is 6.20. The van der Waals surface area contributed by atoms with Gasteiger partial charge in [0.1, 0.15) is 11.6 Å². The van der Waals surface area contributed by atoms with E-state index in [1.54, 1.807) is 12.1 Å². The number of benzene rings is 2. The second-order valence-electron chi connectivity index (χ2n) is 4.62. The van der Waals surface area contributed by atoms with E-state index < -0.39 is 6.04 Å². The molecule has 0 aliphatic rings. The standard InChI is InChI=1S/C16H18FNO/c1-10-6-4-7-12(11(10)2)16(18)15-13(17)8-5-9-14(15)19-3/h4-9,16H,18H2,1-3H3. The zero-order valence-corrected chi connectivity index (χ0v) is 11.4. The number of aryl methyl sites for hydroxylation is 1. The van der Waals surface area contributed by atoms with E-state index in [-0.39, 0.29) is 5.82 Å². The van der Waals surface area contributed by atoms with E-state index in [0.717, 1.165) is 16.7 Å². The molecule has 19 heavy (non-hydrogen) atoms. The topological polar surface area (TPSA) is 35.2 Å². The van der Waals surface area contributed by atoms with Gasteiger partial charge in [0, 0.05) is 0 Å². The monoisotopic (exact) mass is 259 g/mol. The predicted octanol–water partition coefficient (Wildman–Crippen LogP) is 3.50. The van der Waals surface area contributed by atoms with Gasteiger partial charge in [-0.3, -0.25) is 0 Å². The molecule has 2 aromatic carbocycles. The second-order valence-corrected chi connectivity index (χ2v) is 4.62. The lowest BCUT2D eigenvalue weighted by Gasteiger charge is -2.19. The molecule has 0 heterocycles. The van der Waals surface area contributed by atoms with Gasteiger partial charge in [-0.25, -0.2) is 4.39 Å². The minimum Gasteiger partial charge on any atom is -0.496 e. The molecule has 0 radical (unpaired) electrons. The molecular weight excluding hydrogens is 241 g/mol. The molecule has 1 atom stereocenters. The molecule has 0 amide bonds. The van der Waals surface area contributed by atoms with E-state index in [0.29, 0.717) is 11.3 Å². The van der Waals surface area contributed by atoms with Crippen molar-refractivity contribution in [2.24, 2.45) is 5.73 Å². The first-order chi connectivity index (χ1) is 9.06. The molecule has 100 valence electrons. The molecule has 2 nitrogen and oxygen atoms in total. The van der Waals surface area contributed by atoms with Crippen LogP contribution in [0.1, 0.15) is 28.3 Å². The summed E-state index contributed by atoms with van der Waals surface area (Å²) >= 11 is 0. The van der Waals surface area contributed by atoms with Gasteiger partial charge in [-0.15, -0.1) is 0 Å². The van der Waals surface area contributed by atoms with Crippen LogP contribution in [0.3, 0.4) is 0 Å². The third kappa shape index (κ3) is 2.47. The Morgan fingerprint density at radius 1 is 1.11 bits per heavy atom. The SMILES string of the molecule is COc1cccc(F)c1C(N)c1cccc(C)c1C. The van der Waals surface area contributed by atoms with Crippen LogP contribution in [-0.4, -0.2) is 7.11 Å². The third-order valence-electron chi connectivity index (χ3n) is 3.53. The van der Waals surface area contributed by atoms with Crippen LogP contribution in [-0.2, 0) is 0 Å². The third-order valence-corrected chi connectivity index (χ3v) is 3.53. The Bertz CT molecular complexity index is 595. The summed E-state index contributed by atoms with van der Waals surface area (Å²) in [6, 6.07) is 10.1. The van der Waals surface area contributed by atoms with Gasteiger partial charge in [0.15, 0.2) is 0 Å². The number of ether oxygens (including phenoxy) is 1. The molecule has 0 saturated carbocycles. The van der Waals surface area contributed by atoms with Gasteiger partial charge in [0.2, 0.25) is 0 Å². The van der Waals surface area contributed by atoms with Crippen LogP contribution in [0.4, 0.5) is 4.39 Å². The summed E-state index contributed by atoms with van der Waals surface area (Å²) in [5, 5.41) is 0. The van der Waals surface area contributed by atoms with E-state index >= 15 is 0 Å². The molecule has 0 saturated heterocycles. The predicted molar refractivity (Wildman–Crippen MR) is 74.9 cm³/mol. The van der Waals surface area contributed by atoms with Crippen molar-refractivity contribution in [2.45, 2.75) is 19.9 Å². The highest BCUT2D eigenvalue weighted by Gasteiger charge is 2.20. The lowest BCUT2D eigenvalue weighted by molar-refractivity contribution is 0.402. The number of methoxy groups -OCH3 is 1. The van der Waals surface area contributed by atoms with Crippen molar-refractivity contribution in [1.82, 2.24) is 0 Å². The van der Waals surface area contributed by atoms with E-state index in [1.165, 1.54) is 13.2 Å². The normalized spacial score (nSPS) is 12.3. The molecule has 0 bridgehead atoms. The molecule has 2 aromatic rings. The van der Waals surface area contributed by atoms with Gasteiger partial charge in [0.05, 0.1) is 18.7 Å². The van der Waals surface area contributed by atoms with Gasteiger partial charge in [0.25, 0.3) is 0 Å². The maximum Gasteiger partial charge on any atom is 0.132 e. The van der Waals surface area contributed by atoms with E-state index in [9.17, 15) is 4.39 Å². The molecule has 0 spiro atoms. The van der Waals surface area contributed by atoms with Crippen molar-refractivity contribution >= 4 is 0 Å². The average molecular weight is 259 g/mol. The van der Waals surface area contributed by atoms with Crippen molar-refractivity contribution in [2.75, 3.05) is 7.11 Å². The number of rotatable bonds is 3. The van der Waals surface area contributed by atoms with Crippen molar-refractivity contribution in [3.63, 3.8) is 0 Å².